The number of anilines is 3. The zero-order valence-electron chi connectivity index (χ0n) is 32.1. The van der Waals surface area contributed by atoms with Crippen LogP contribution in [0, 0.1) is 0 Å². The third-order valence-corrected chi connectivity index (χ3v) is 13.5. The topological polar surface area (TPSA) is 16.1 Å². The molecular weight excluding hydrogens is 733 g/mol. The molecule has 0 N–H and O–H groups in total. The number of pyridine rings is 1. The normalized spacial score (nSPS) is 13.2. The Morgan fingerprint density at radius 1 is 0.407 bits per heavy atom. The van der Waals surface area contributed by atoms with Crippen LogP contribution < -0.4 is 4.90 Å². The molecule has 3 heterocycles. The van der Waals surface area contributed by atoms with Gasteiger partial charge in [-0.3, -0.25) is 0 Å². The fraction of sp³-hybridized carbons (Fsp3) is 0.0179. The van der Waals surface area contributed by atoms with Crippen molar-refractivity contribution >= 4 is 70.2 Å². The second-order valence-corrected chi connectivity index (χ2v) is 16.4. The number of nitrogens with zero attached hydrogens (tertiary/aromatic N) is 2. The van der Waals surface area contributed by atoms with Crippen LogP contribution in [0.15, 0.2) is 218 Å². The molecule has 2 aromatic heterocycles. The highest BCUT2D eigenvalue weighted by atomic mass is 32.1. The van der Waals surface area contributed by atoms with Crippen molar-refractivity contribution < 1.29 is 0 Å². The summed E-state index contributed by atoms with van der Waals surface area (Å²) in [6.07, 6.45) is 0. The molecule has 9 aromatic carbocycles. The molecule has 1 aliphatic heterocycles. The molecule has 0 saturated carbocycles. The van der Waals surface area contributed by atoms with Gasteiger partial charge in [0.05, 0.1) is 28.0 Å². The molecule has 0 amide bonds. The lowest BCUT2D eigenvalue weighted by molar-refractivity contribution is 0.731. The van der Waals surface area contributed by atoms with E-state index >= 15 is 0 Å². The molecule has 0 spiro atoms. The van der Waals surface area contributed by atoms with Gasteiger partial charge in [0.25, 0.3) is 0 Å². The van der Waals surface area contributed by atoms with Crippen LogP contribution >= 0.6 is 11.3 Å². The Morgan fingerprint density at radius 3 is 1.66 bits per heavy atom. The molecule has 0 saturated heterocycles. The number of rotatable bonds is 5. The minimum absolute atomic E-state index is 0.491. The zero-order valence-corrected chi connectivity index (χ0v) is 32.9. The van der Waals surface area contributed by atoms with Gasteiger partial charge in [0.1, 0.15) is 0 Å². The van der Waals surface area contributed by atoms with Gasteiger partial charge in [0.2, 0.25) is 0 Å². The molecule has 0 radical (unpaired) electrons. The summed E-state index contributed by atoms with van der Waals surface area (Å²) in [6, 6.07) is 79.7. The van der Waals surface area contributed by atoms with Crippen molar-refractivity contribution in [1.82, 2.24) is 4.98 Å². The van der Waals surface area contributed by atoms with E-state index in [2.05, 4.69) is 223 Å². The maximum absolute atomic E-state index is 5.21. The first-order valence-electron chi connectivity index (χ1n) is 20.2. The van der Waals surface area contributed by atoms with Crippen molar-refractivity contribution in [3.05, 3.63) is 241 Å². The average molecular weight is 769 g/mol. The first-order valence-corrected chi connectivity index (χ1v) is 21.0. The lowest BCUT2D eigenvalue weighted by Crippen LogP contribution is -2.37. The van der Waals surface area contributed by atoms with Crippen LogP contribution in [0.5, 0.6) is 0 Å². The fourth-order valence-corrected chi connectivity index (χ4v) is 11.1. The maximum atomic E-state index is 5.21. The quantitative estimate of drug-likeness (QED) is 0.162. The van der Waals surface area contributed by atoms with E-state index in [0.717, 1.165) is 22.5 Å². The van der Waals surface area contributed by atoms with Gasteiger partial charge in [-0.2, -0.15) is 0 Å². The number of hydrogen-bond acceptors (Lipinski definition) is 3. The van der Waals surface area contributed by atoms with Crippen molar-refractivity contribution in [2.75, 3.05) is 4.90 Å². The largest absolute Gasteiger partial charge is 0.310 e. The standard InChI is InChI=1S/C56H36N2S/c1-4-17-38(18-5-1)54-44-35-36-45-52-42(24-16-30-51(52)59-55(45)53(44)43-23-10-13-27-48(43)57-54)37-31-33-41(34-32-37)58-49-28-14-11-25-46(49)56(39-19-6-2-7-20-39,40-21-8-3-9-22-40)47-26-12-15-29-50(47)58/h1-36H. The summed E-state index contributed by atoms with van der Waals surface area (Å²) in [4.78, 5) is 7.67. The summed E-state index contributed by atoms with van der Waals surface area (Å²) < 4.78 is 2.59. The first-order chi connectivity index (χ1) is 29.3. The van der Waals surface area contributed by atoms with Gasteiger partial charge in [0.15, 0.2) is 0 Å². The van der Waals surface area contributed by atoms with E-state index in [-0.39, 0.29) is 0 Å². The van der Waals surface area contributed by atoms with E-state index in [4.69, 9.17) is 4.98 Å². The molecule has 276 valence electrons. The fourth-order valence-electron chi connectivity index (χ4n) is 9.85. The van der Waals surface area contributed by atoms with Gasteiger partial charge in [-0.05, 0) is 69.8 Å². The van der Waals surface area contributed by atoms with Crippen molar-refractivity contribution in [1.29, 1.82) is 0 Å². The van der Waals surface area contributed by atoms with Crippen LogP contribution in [-0.4, -0.2) is 4.98 Å². The monoisotopic (exact) mass is 768 g/mol. The van der Waals surface area contributed by atoms with Crippen LogP contribution in [-0.2, 0) is 5.41 Å². The van der Waals surface area contributed by atoms with Gasteiger partial charge >= 0.3 is 0 Å². The Morgan fingerprint density at radius 2 is 0.983 bits per heavy atom. The third-order valence-electron chi connectivity index (χ3n) is 12.3. The maximum Gasteiger partial charge on any atom is 0.0788 e. The number of benzene rings is 9. The lowest BCUT2D eigenvalue weighted by atomic mass is 9.62. The molecule has 0 atom stereocenters. The van der Waals surface area contributed by atoms with Gasteiger partial charge in [-0.25, -0.2) is 4.98 Å². The van der Waals surface area contributed by atoms with Gasteiger partial charge in [-0.1, -0.05) is 182 Å². The molecule has 2 nitrogen and oxygen atoms in total. The predicted octanol–water partition coefficient (Wildman–Crippen LogP) is 15.3. The molecule has 3 heteroatoms. The van der Waals surface area contributed by atoms with E-state index in [1.54, 1.807) is 0 Å². The average Bonchev–Trinajstić information content (AvgIpc) is 3.71. The first kappa shape index (κ1) is 33.8. The van der Waals surface area contributed by atoms with Crippen molar-refractivity contribution in [2.45, 2.75) is 5.41 Å². The summed E-state index contributed by atoms with van der Waals surface area (Å²) in [7, 11) is 0. The molecule has 0 bridgehead atoms. The molecule has 0 unspecified atom stereocenters. The summed E-state index contributed by atoms with van der Waals surface area (Å²) in [5.41, 5.74) is 13.7. The number of thiophene rings is 1. The van der Waals surface area contributed by atoms with Crippen LogP contribution in [0.2, 0.25) is 0 Å². The highest BCUT2D eigenvalue weighted by molar-refractivity contribution is 7.27. The molecular formula is C56H36N2S. The van der Waals surface area contributed by atoms with E-state index in [1.165, 1.54) is 81.1 Å². The van der Waals surface area contributed by atoms with Crippen LogP contribution in [0.1, 0.15) is 22.3 Å². The van der Waals surface area contributed by atoms with Crippen molar-refractivity contribution in [2.24, 2.45) is 0 Å². The molecule has 59 heavy (non-hydrogen) atoms. The molecule has 1 aliphatic rings. The Bertz CT molecular complexity index is 3280. The van der Waals surface area contributed by atoms with Crippen LogP contribution in [0.25, 0.3) is 64.2 Å². The minimum atomic E-state index is -0.491. The number of para-hydroxylation sites is 3. The summed E-state index contributed by atoms with van der Waals surface area (Å²) in [6.45, 7) is 0. The van der Waals surface area contributed by atoms with Crippen molar-refractivity contribution in [3.8, 4) is 22.4 Å². The molecule has 0 fully saturated rings. The molecule has 0 aliphatic carbocycles. The highest BCUT2D eigenvalue weighted by Gasteiger charge is 2.46. The van der Waals surface area contributed by atoms with Crippen LogP contribution in [0.4, 0.5) is 17.1 Å². The molecule has 11 aromatic rings. The van der Waals surface area contributed by atoms with E-state index in [1.807, 2.05) is 11.3 Å². The Balaban J connectivity index is 1.03. The van der Waals surface area contributed by atoms with E-state index in [9.17, 15) is 0 Å². The summed E-state index contributed by atoms with van der Waals surface area (Å²) in [5, 5.41) is 6.23. The Labute approximate surface area is 346 Å². The number of aromatic nitrogens is 1. The molecule has 12 rings (SSSR count). The predicted molar refractivity (Wildman–Crippen MR) is 250 cm³/mol. The smallest absolute Gasteiger partial charge is 0.0788 e. The van der Waals surface area contributed by atoms with E-state index < -0.39 is 5.41 Å². The summed E-state index contributed by atoms with van der Waals surface area (Å²) >= 11 is 1.89. The second kappa shape index (κ2) is 13.4. The minimum Gasteiger partial charge on any atom is -0.310 e. The van der Waals surface area contributed by atoms with Crippen LogP contribution in [0.3, 0.4) is 0 Å². The van der Waals surface area contributed by atoms with Crippen molar-refractivity contribution in [3.63, 3.8) is 0 Å². The highest BCUT2D eigenvalue weighted by Crippen LogP contribution is 2.57. The zero-order chi connectivity index (χ0) is 38.9. The van der Waals surface area contributed by atoms with Gasteiger partial charge < -0.3 is 4.90 Å². The Kier molecular flexibility index (Phi) is 7.66. The summed E-state index contributed by atoms with van der Waals surface area (Å²) in [5.74, 6) is 0. The van der Waals surface area contributed by atoms with Gasteiger partial charge in [0, 0.05) is 47.6 Å². The lowest BCUT2D eigenvalue weighted by Gasteiger charge is -2.46. The second-order valence-electron chi connectivity index (χ2n) is 15.4. The van der Waals surface area contributed by atoms with Gasteiger partial charge in [-0.15, -0.1) is 11.3 Å². The Hall–Kier alpha value is -7.33. The van der Waals surface area contributed by atoms with E-state index in [0.29, 0.717) is 0 Å². The third kappa shape index (κ3) is 5.02. The number of hydrogen-bond donors (Lipinski definition) is 0. The number of fused-ring (bicyclic) bond motifs is 9. The SMILES string of the molecule is c1ccc(-c2nc3ccccc3c3c2ccc2c3sc3cccc(-c4ccc(N5c6ccccc6C(c6ccccc6)(c6ccccc6)c6ccccc65)cc4)c32)cc1.